The molecular formula is C13H15ClFN3. The summed E-state index contributed by atoms with van der Waals surface area (Å²) in [6, 6.07) is 4.50. The Morgan fingerprint density at radius 3 is 2.89 bits per heavy atom. The van der Waals surface area contributed by atoms with Crippen molar-refractivity contribution in [3.63, 3.8) is 0 Å². The zero-order valence-electron chi connectivity index (χ0n) is 10.1. The highest BCUT2D eigenvalue weighted by atomic mass is 35.5. The molecule has 1 aromatic carbocycles. The number of rotatable bonds is 4. The highest BCUT2D eigenvalue weighted by Crippen LogP contribution is 2.21. The van der Waals surface area contributed by atoms with Crippen LogP contribution in [0.25, 0.3) is 0 Å². The van der Waals surface area contributed by atoms with Crippen molar-refractivity contribution < 1.29 is 4.39 Å². The van der Waals surface area contributed by atoms with E-state index >= 15 is 0 Å². The van der Waals surface area contributed by atoms with Crippen molar-refractivity contribution in [3.05, 3.63) is 52.6 Å². The molecular weight excluding hydrogens is 253 g/mol. The van der Waals surface area contributed by atoms with E-state index in [2.05, 4.69) is 5.10 Å². The summed E-state index contributed by atoms with van der Waals surface area (Å²) in [5.41, 5.74) is 7.92. The average Bonchev–Trinajstić information content (AvgIpc) is 2.75. The zero-order chi connectivity index (χ0) is 13.1. The van der Waals surface area contributed by atoms with E-state index in [1.165, 1.54) is 12.1 Å². The standard InChI is InChI=1S/C13H15ClFN3/c1-18-8-9(7-17-18)2-5-13(16)10-3-4-11(14)12(15)6-10/h3-4,6-8,13H,2,5,16H2,1H3. The van der Waals surface area contributed by atoms with E-state index in [-0.39, 0.29) is 11.1 Å². The Morgan fingerprint density at radius 1 is 1.50 bits per heavy atom. The van der Waals surface area contributed by atoms with Crippen LogP contribution in [0.15, 0.2) is 30.6 Å². The fourth-order valence-electron chi connectivity index (χ4n) is 1.83. The summed E-state index contributed by atoms with van der Waals surface area (Å²) in [6.45, 7) is 0. The van der Waals surface area contributed by atoms with Gasteiger partial charge in [-0.2, -0.15) is 5.10 Å². The molecule has 1 aromatic heterocycles. The Labute approximate surface area is 110 Å². The Kier molecular flexibility index (Phi) is 3.99. The summed E-state index contributed by atoms with van der Waals surface area (Å²) < 4.78 is 15.1. The minimum atomic E-state index is -0.425. The van der Waals surface area contributed by atoms with Gasteiger partial charge in [0.25, 0.3) is 0 Å². The lowest BCUT2D eigenvalue weighted by Gasteiger charge is -2.11. The largest absolute Gasteiger partial charge is 0.324 e. The van der Waals surface area contributed by atoms with Crippen LogP contribution in [0.5, 0.6) is 0 Å². The molecule has 3 nitrogen and oxygen atoms in total. The van der Waals surface area contributed by atoms with Gasteiger partial charge in [0.05, 0.1) is 11.2 Å². The highest BCUT2D eigenvalue weighted by Gasteiger charge is 2.09. The lowest BCUT2D eigenvalue weighted by molar-refractivity contribution is 0.609. The van der Waals surface area contributed by atoms with Crippen molar-refractivity contribution in [3.8, 4) is 0 Å². The van der Waals surface area contributed by atoms with Crippen LogP contribution in [0.2, 0.25) is 5.02 Å². The van der Waals surface area contributed by atoms with Gasteiger partial charge in [-0.05, 0) is 36.1 Å². The SMILES string of the molecule is Cn1cc(CCC(N)c2ccc(Cl)c(F)c2)cn1. The van der Waals surface area contributed by atoms with Crippen LogP contribution in [0.4, 0.5) is 4.39 Å². The Bertz CT molecular complexity index is 539. The van der Waals surface area contributed by atoms with Crippen molar-refractivity contribution in [2.75, 3.05) is 0 Å². The molecule has 18 heavy (non-hydrogen) atoms. The minimum Gasteiger partial charge on any atom is -0.324 e. The van der Waals surface area contributed by atoms with E-state index in [4.69, 9.17) is 17.3 Å². The minimum absolute atomic E-state index is 0.123. The van der Waals surface area contributed by atoms with Gasteiger partial charge in [-0.25, -0.2) is 4.39 Å². The second-order valence-electron chi connectivity index (χ2n) is 4.34. The molecule has 0 aliphatic rings. The van der Waals surface area contributed by atoms with Gasteiger partial charge in [-0.3, -0.25) is 4.68 Å². The topological polar surface area (TPSA) is 43.8 Å². The van der Waals surface area contributed by atoms with Crippen LogP contribution in [0.3, 0.4) is 0 Å². The maximum atomic E-state index is 13.3. The van der Waals surface area contributed by atoms with Gasteiger partial charge in [-0.1, -0.05) is 17.7 Å². The number of aryl methyl sites for hydroxylation is 2. The molecule has 0 bridgehead atoms. The molecule has 0 fully saturated rings. The number of halogens is 2. The summed E-state index contributed by atoms with van der Waals surface area (Å²) >= 11 is 5.63. The van der Waals surface area contributed by atoms with Crippen LogP contribution < -0.4 is 5.73 Å². The first-order chi connectivity index (χ1) is 8.56. The molecule has 0 radical (unpaired) electrons. The van der Waals surface area contributed by atoms with E-state index in [0.29, 0.717) is 0 Å². The maximum absolute atomic E-state index is 13.3. The molecule has 0 aliphatic heterocycles. The predicted molar refractivity (Wildman–Crippen MR) is 69.9 cm³/mol. The summed E-state index contributed by atoms with van der Waals surface area (Å²) in [4.78, 5) is 0. The maximum Gasteiger partial charge on any atom is 0.142 e. The lowest BCUT2D eigenvalue weighted by atomic mass is 10.0. The highest BCUT2D eigenvalue weighted by molar-refractivity contribution is 6.30. The predicted octanol–water partition coefficient (Wildman–Crippen LogP) is 2.85. The number of benzene rings is 1. The molecule has 2 N–H and O–H groups in total. The third kappa shape index (κ3) is 3.09. The fourth-order valence-corrected chi connectivity index (χ4v) is 1.95. The fraction of sp³-hybridized carbons (Fsp3) is 0.308. The molecule has 1 atom stereocenters. The van der Waals surface area contributed by atoms with E-state index in [9.17, 15) is 4.39 Å². The molecule has 0 saturated heterocycles. The van der Waals surface area contributed by atoms with Crippen molar-refractivity contribution >= 4 is 11.6 Å². The third-order valence-corrected chi connectivity index (χ3v) is 3.18. The number of nitrogens with zero attached hydrogens (tertiary/aromatic N) is 2. The summed E-state index contributed by atoms with van der Waals surface area (Å²) in [6.07, 6.45) is 5.33. The van der Waals surface area contributed by atoms with E-state index in [0.717, 1.165) is 24.0 Å². The molecule has 1 heterocycles. The second-order valence-corrected chi connectivity index (χ2v) is 4.75. The van der Waals surface area contributed by atoms with Gasteiger partial charge in [0.2, 0.25) is 0 Å². The van der Waals surface area contributed by atoms with Crippen LogP contribution >= 0.6 is 11.6 Å². The summed E-state index contributed by atoms with van der Waals surface area (Å²) in [7, 11) is 1.87. The molecule has 0 amide bonds. The van der Waals surface area contributed by atoms with Gasteiger partial charge in [0.15, 0.2) is 0 Å². The molecule has 2 aromatic rings. The van der Waals surface area contributed by atoms with E-state index in [1.807, 2.05) is 19.4 Å². The van der Waals surface area contributed by atoms with Gasteiger partial charge in [0, 0.05) is 19.3 Å². The van der Waals surface area contributed by atoms with Gasteiger partial charge in [-0.15, -0.1) is 0 Å². The molecule has 0 saturated carbocycles. The number of hydrogen-bond donors (Lipinski definition) is 1. The quantitative estimate of drug-likeness (QED) is 0.926. The smallest absolute Gasteiger partial charge is 0.142 e. The van der Waals surface area contributed by atoms with Crippen molar-refractivity contribution in [2.45, 2.75) is 18.9 Å². The van der Waals surface area contributed by atoms with Crippen molar-refractivity contribution in [1.82, 2.24) is 9.78 Å². The number of aromatic nitrogens is 2. The van der Waals surface area contributed by atoms with E-state index in [1.54, 1.807) is 10.7 Å². The molecule has 0 spiro atoms. The van der Waals surface area contributed by atoms with Gasteiger partial charge < -0.3 is 5.73 Å². The van der Waals surface area contributed by atoms with Crippen LogP contribution in [-0.2, 0) is 13.5 Å². The summed E-state index contributed by atoms with van der Waals surface area (Å²) in [5, 5.41) is 4.21. The lowest BCUT2D eigenvalue weighted by Crippen LogP contribution is -2.11. The Balaban J connectivity index is 1.99. The normalized spacial score (nSPS) is 12.7. The second kappa shape index (κ2) is 5.50. The summed E-state index contributed by atoms with van der Waals surface area (Å²) in [5.74, 6) is -0.425. The van der Waals surface area contributed by atoms with Crippen molar-refractivity contribution in [1.29, 1.82) is 0 Å². The van der Waals surface area contributed by atoms with Crippen LogP contribution in [-0.4, -0.2) is 9.78 Å². The monoisotopic (exact) mass is 267 g/mol. The van der Waals surface area contributed by atoms with Crippen molar-refractivity contribution in [2.24, 2.45) is 12.8 Å². The number of hydrogen-bond acceptors (Lipinski definition) is 2. The molecule has 96 valence electrons. The van der Waals surface area contributed by atoms with Gasteiger partial charge in [0.1, 0.15) is 5.82 Å². The Hall–Kier alpha value is -1.39. The first kappa shape index (κ1) is 13.1. The average molecular weight is 268 g/mol. The molecule has 5 heteroatoms. The number of nitrogens with two attached hydrogens (primary N) is 1. The third-order valence-electron chi connectivity index (χ3n) is 2.87. The molecule has 1 unspecified atom stereocenters. The van der Waals surface area contributed by atoms with Crippen LogP contribution in [0, 0.1) is 5.82 Å². The first-order valence-corrected chi connectivity index (χ1v) is 6.12. The first-order valence-electron chi connectivity index (χ1n) is 5.74. The Morgan fingerprint density at radius 2 is 2.28 bits per heavy atom. The molecule has 0 aliphatic carbocycles. The van der Waals surface area contributed by atoms with E-state index < -0.39 is 5.82 Å². The zero-order valence-corrected chi connectivity index (χ0v) is 10.9. The van der Waals surface area contributed by atoms with Gasteiger partial charge >= 0.3 is 0 Å². The van der Waals surface area contributed by atoms with Crippen LogP contribution in [0.1, 0.15) is 23.6 Å². The molecule has 2 rings (SSSR count).